The van der Waals surface area contributed by atoms with Gasteiger partial charge < -0.3 is 14.6 Å². The second-order valence-corrected chi connectivity index (χ2v) is 8.87. The number of benzene rings is 2. The van der Waals surface area contributed by atoms with E-state index < -0.39 is 16.2 Å². The minimum Gasteiger partial charge on any atom is -0.448 e. The lowest BCUT2D eigenvalue weighted by atomic mass is 10.0. The van der Waals surface area contributed by atoms with Crippen molar-refractivity contribution in [3.05, 3.63) is 96.4 Å². The van der Waals surface area contributed by atoms with Crippen LogP contribution in [0.3, 0.4) is 0 Å². The topological polar surface area (TPSA) is 125 Å². The Hall–Kier alpha value is -3.95. The van der Waals surface area contributed by atoms with Crippen LogP contribution < -0.4 is 15.4 Å². The summed E-state index contributed by atoms with van der Waals surface area (Å²) in [5.74, 6) is 0.673. The maximum Gasteiger partial charge on any atom is 0.238 e. The number of pyridine rings is 1. The number of anilines is 2. The molecule has 9 heteroatoms. The van der Waals surface area contributed by atoms with Gasteiger partial charge in [-0.3, -0.25) is 10.4 Å². The quantitative estimate of drug-likeness (QED) is 0.437. The maximum absolute atomic E-state index is 11.9. The Bertz CT molecular complexity index is 1400. The van der Waals surface area contributed by atoms with Gasteiger partial charge in [0, 0.05) is 17.4 Å². The molecule has 32 heavy (non-hydrogen) atoms. The number of sulfonamides is 1. The van der Waals surface area contributed by atoms with Gasteiger partial charge >= 0.3 is 0 Å². The molecule has 1 aliphatic heterocycles. The third kappa shape index (κ3) is 3.53. The Morgan fingerprint density at radius 2 is 1.84 bits per heavy atom. The van der Waals surface area contributed by atoms with Crippen molar-refractivity contribution in [3.63, 3.8) is 0 Å². The Morgan fingerprint density at radius 1 is 1.03 bits per heavy atom. The summed E-state index contributed by atoms with van der Waals surface area (Å²) in [4.78, 5) is 6.15. The number of hydrogen-bond acceptors (Lipinski definition) is 6. The van der Waals surface area contributed by atoms with Crippen molar-refractivity contribution < 1.29 is 12.8 Å². The SMILES string of the molecule is N=C1c2ccoc2NC(c2cccc(S(N)(=O)=O)c2)N1c1ccc(-c2ccccn2)cc1. The summed E-state index contributed by atoms with van der Waals surface area (Å²) in [6, 6.07) is 21.5. The second kappa shape index (κ2) is 7.63. The van der Waals surface area contributed by atoms with Gasteiger partial charge in [0.1, 0.15) is 12.0 Å². The van der Waals surface area contributed by atoms with E-state index in [-0.39, 0.29) is 10.7 Å². The maximum atomic E-state index is 11.9. The van der Waals surface area contributed by atoms with Crippen LogP contribution in [0.2, 0.25) is 0 Å². The minimum atomic E-state index is -3.88. The van der Waals surface area contributed by atoms with Gasteiger partial charge in [0.25, 0.3) is 0 Å². The molecule has 0 saturated heterocycles. The molecule has 2 aromatic heterocycles. The average Bonchev–Trinajstić information content (AvgIpc) is 3.29. The highest BCUT2D eigenvalue weighted by Gasteiger charge is 2.34. The van der Waals surface area contributed by atoms with Crippen LogP contribution in [0.1, 0.15) is 17.3 Å². The van der Waals surface area contributed by atoms with E-state index in [0.29, 0.717) is 17.0 Å². The van der Waals surface area contributed by atoms with Crippen molar-refractivity contribution in [2.75, 3.05) is 10.2 Å². The summed E-state index contributed by atoms with van der Waals surface area (Å²) in [6.07, 6.45) is 2.67. The molecule has 0 bridgehead atoms. The summed E-state index contributed by atoms with van der Waals surface area (Å²) >= 11 is 0. The summed E-state index contributed by atoms with van der Waals surface area (Å²) in [6.45, 7) is 0. The summed E-state index contributed by atoms with van der Waals surface area (Å²) in [5, 5.41) is 17.4. The zero-order valence-electron chi connectivity index (χ0n) is 16.8. The van der Waals surface area contributed by atoms with Crippen LogP contribution in [-0.2, 0) is 10.0 Å². The number of rotatable bonds is 4. The van der Waals surface area contributed by atoms with E-state index in [1.165, 1.54) is 18.4 Å². The Kier molecular flexibility index (Phi) is 4.76. The molecular weight excluding hydrogens is 426 g/mol. The molecule has 1 aliphatic rings. The fraction of sp³-hybridized carbons (Fsp3) is 0.0435. The molecule has 0 fully saturated rings. The monoisotopic (exact) mass is 445 g/mol. The zero-order valence-corrected chi connectivity index (χ0v) is 17.6. The van der Waals surface area contributed by atoms with Gasteiger partial charge in [-0.15, -0.1) is 0 Å². The number of nitrogens with two attached hydrogens (primary N) is 1. The number of amidine groups is 1. The lowest BCUT2D eigenvalue weighted by Gasteiger charge is -2.38. The smallest absolute Gasteiger partial charge is 0.238 e. The van der Waals surface area contributed by atoms with Crippen molar-refractivity contribution in [2.45, 2.75) is 11.1 Å². The normalized spacial score (nSPS) is 15.8. The first-order valence-corrected chi connectivity index (χ1v) is 11.3. The van der Waals surface area contributed by atoms with Crippen molar-refractivity contribution in [2.24, 2.45) is 5.14 Å². The number of nitrogens with one attached hydrogen (secondary N) is 2. The summed E-state index contributed by atoms with van der Waals surface area (Å²) in [7, 11) is -3.88. The first-order chi connectivity index (χ1) is 15.4. The van der Waals surface area contributed by atoms with Crippen LogP contribution in [0, 0.1) is 5.41 Å². The lowest BCUT2D eigenvalue weighted by molar-refractivity contribution is 0.564. The van der Waals surface area contributed by atoms with E-state index in [1.54, 1.807) is 29.3 Å². The number of fused-ring (bicyclic) bond motifs is 1. The molecule has 1 atom stereocenters. The molecule has 0 radical (unpaired) electrons. The van der Waals surface area contributed by atoms with Gasteiger partial charge in [0.15, 0.2) is 0 Å². The van der Waals surface area contributed by atoms with E-state index in [9.17, 15) is 8.42 Å². The fourth-order valence-corrected chi connectivity index (χ4v) is 4.32. The van der Waals surface area contributed by atoms with E-state index in [4.69, 9.17) is 15.0 Å². The van der Waals surface area contributed by atoms with E-state index >= 15 is 0 Å². The molecule has 0 amide bonds. The molecule has 4 aromatic rings. The van der Waals surface area contributed by atoms with Crippen molar-refractivity contribution in [1.82, 2.24) is 4.98 Å². The highest BCUT2D eigenvalue weighted by Crippen LogP contribution is 2.38. The van der Waals surface area contributed by atoms with E-state index in [0.717, 1.165) is 16.9 Å². The van der Waals surface area contributed by atoms with Crippen molar-refractivity contribution in [3.8, 4) is 11.3 Å². The van der Waals surface area contributed by atoms with Crippen molar-refractivity contribution in [1.29, 1.82) is 5.41 Å². The Labute approximate surface area is 184 Å². The molecule has 3 heterocycles. The van der Waals surface area contributed by atoms with E-state index in [2.05, 4.69) is 10.3 Å². The van der Waals surface area contributed by atoms with Crippen LogP contribution in [0.5, 0.6) is 0 Å². The molecule has 0 spiro atoms. The van der Waals surface area contributed by atoms with Gasteiger partial charge in [0.05, 0.1) is 22.4 Å². The molecule has 1 unspecified atom stereocenters. The second-order valence-electron chi connectivity index (χ2n) is 7.31. The molecule has 2 aromatic carbocycles. The minimum absolute atomic E-state index is 0.000905. The number of primary sulfonamides is 1. The largest absolute Gasteiger partial charge is 0.448 e. The van der Waals surface area contributed by atoms with Crippen LogP contribution in [-0.4, -0.2) is 19.2 Å². The van der Waals surface area contributed by atoms with Gasteiger partial charge in [-0.1, -0.05) is 30.3 Å². The first kappa shape index (κ1) is 20.0. The molecule has 8 nitrogen and oxygen atoms in total. The molecule has 160 valence electrons. The van der Waals surface area contributed by atoms with Crippen LogP contribution in [0.15, 0.2) is 94.6 Å². The highest BCUT2D eigenvalue weighted by molar-refractivity contribution is 7.89. The third-order valence-corrected chi connectivity index (χ3v) is 6.21. The van der Waals surface area contributed by atoms with Gasteiger partial charge in [-0.05, 0) is 48.0 Å². The molecule has 0 aliphatic carbocycles. The molecule has 0 saturated carbocycles. The lowest BCUT2D eigenvalue weighted by Crippen LogP contribution is -2.42. The zero-order chi connectivity index (χ0) is 22.3. The summed E-state index contributed by atoms with van der Waals surface area (Å²) < 4.78 is 29.3. The molecular formula is C23H19N5O3S. The number of nitrogens with zero attached hydrogens (tertiary/aromatic N) is 2. The molecule has 5 rings (SSSR count). The number of hydrogen-bond donors (Lipinski definition) is 3. The predicted molar refractivity (Wildman–Crippen MR) is 122 cm³/mol. The molecule has 4 N–H and O–H groups in total. The predicted octanol–water partition coefficient (Wildman–Crippen LogP) is 3.95. The van der Waals surface area contributed by atoms with Crippen LogP contribution in [0.4, 0.5) is 11.6 Å². The fourth-order valence-electron chi connectivity index (χ4n) is 3.75. The highest BCUT2D eigenvalue weighted by atomic mass is 32.2. The van der Waals surface area contributed by atoms with Gasteiger partial charge in [-0.2, -0.15) is 0 Å². The third-order valence-electron chi connectivity index (χ3n) is 5.30. The Balaban J connectivity index is 1.59. The van der Waals surface area contributed by atoms with Gasteiger partial charge in [-0.25, -0.2) is 13.6 Å². The average molecular weight is 446 g/mol. The Morgan fingerprint density at radius 3 is 2.56 bits per heavy atom. The van der Waals surface area contributed by atoms with Gasteiger partial charge in [0.2, 0.25) is 15.9 Å². The number of furan rings is 1. The van der Waals surface area contributed by atoms with Crippen LogP contribution in [0.25, 0.3) is 11.3 Å². The van der Waals surface area contributed by atoms with Crippen LogP contribution >= 0.6 is 0 Å². The number of aromatic nitrogens is 1. The first-order valence-electron chi connectivity index (χ1n) is 9.78. The van der Waals surface area contributed by atoms with Crippen molar-refractivity contribution >= 4 is 27.4 Å². The standard InChI is InChI=1S/C23H19N5O3S/c24-21-19-11-13-31-23(19)27-22(16-4-3-5-18(14-16)32(25,29)30)28(21)17-9-7-15(8-10-17)20-6-1-2-12-26-20/h1-14,22,24,27H,(H2,25,29,30). The van der Waals surface area contributed by atoms with E-state index in [1.807, 2.05) is 42.5 Å². The summed E-state index contributed by atoms with van der Waals surface area (Å²) in [5.41, 5.74) is 3.78.